The number of imidazole rings is 1. The average Bonchev–Trinajstić information content (AvgIpc) is 2.94. The SMILES string of the molecule is CCN1CCCC1Cc1cn2c(n1)CC(C)CC2. The van der Waals surface area contributed by atoms with Crippen molar-refractivity contribution < 1.29 is 0 Å². The van der Waals surface area contributed by atoms with Crippen LogP contribution in [0.3, 0.4) is 0 Å². The maximum Gasteiger partial charge on any atom is 0.109 e. The Balaban J connectivity index is 1.70. The fraction of sp³-hybridized carbons (Fsp3) is 0.800. The summed E-state index contributed by atoms with van der Waals surface area (Å²) in [6, 6.07) is 0.740. The van der Waals surface area contributed by atoms with Crippen LogP contribution in [0.25, 0.3) is 0 Å². The number of nitrogens with zero attached hydrogens (tertiary/aromatic N) is 3. The molecule has 0 bridgehead atoms. The fourth-order valence-electron chi connectivity index (χ4n) is 3.53. The molecular formula is C15H25N3. The Hall–Kier alpha value is -0.830. The van der Waals surface area contributed by atoms with Gasteiger partial charge in [0.15, 0.2) is 0 Å². The predicted molar refractivity (Wildman–Crippen MR) is 73.7 cm³/mol. The summed E-state index contributed by atoms with van der Waals surface area (Å²) in [6.07, 6.45) is 8.67. The molecule has 3 heteroatoms. The molecule has 3 rings (SSSR count). The molecule has 1 fully saturated rings. The molecule has 0 radical (unpaired) electrons. The van der Waals surface area contributed by atoms with Crippen molar-refractivity contribution in [3.63, 3.8) is 0 Å². The topological polar surface area (TPSA) is 21.1 Å². The fourth-order valence-corrected chi connectivity index (χ4v) is 3.53. The van der Waals surface area contributed by atoms with Crippen LogP contribution in [0.4, 0.5) is 0 Å². The predicted octanol–water partition coefficient (Wildman–Crippen LogP) is 2.49. The molecule has 1 aromatic heterocycles. The Morgan fingerprint density at radius 2 is 2.22 bits per heavy atom. The highest BCUT2D eigenvalue weighted by molar-refractivity contribution is 5.09. The van der Waals surface area contributed by atoms with Gasteiger partial charge in [-0.25, -0.2) is 4.98 Å². The van der Waals surface area contributed by atoms with E-state index in [1.807, 2.05) is 0 Å². The average molecular weight is 247 g/mol. The second-order valence-corrected chi connectivity index (χ2v) is 6.07. The van der Waals surface area contributed by atoms with Gasteiger partial charge in [0.05, 0.1) is 5.69 Å². The number of hydrogen-bond acceptors (Lipinski definition) is 2. The summed E-state index contributed by atoms with van der Waals surface area (Å²) < 4.78 is 2.39. The number of rotatable bonds is 3. The molecule has 2 unspecified atom stereocenters. The quantitative estimate of drug-likeness (QED) is 0.818. The van der Waals surface area contributed by atoms with E-state index in [1.54, 1.807) is 0 Å². The Bertz CT molecular complexity index is 410. The van der Waals surface area contributed by atoms with Gasteiger partial charge in [-0.15, -0.1) is 0 Å². The van der Waals surface area contributed by atoms with Crippen molar-refractivity contribution in [1.29, 1.82) is 0 Å². The molecule has 0 saturated carbocycles. The van der Waals surface area contributed by atoms with Gasteiger partial charge in [-0.3, -0.25) is 0 Å². The third-order valence-electron chi connectivity index (χ3n) is 4.65. The molecule has 0 aromatic carbocycles. The summed E-state index contributed by atoms with van der Waals surface area (Å²) in [5.74, 6) is 2.14. The van der Waals surface area contributed by atoms with E-state index in [-0.39, 0.29) is 0 Å². The molecule has 3 heterocycles. The molecule has 0 aliphatic carbocycles. The molecule has 2 aliphatic heterocycles. The van der Waals surface area contributed by atoms with E-state index in [9.17, 15) is 0 Å². The molecule has 3 nitrogen and oxygen atoms in total. The lowest BCUT2D eigenvalue weighted by Crippen LogP contribution is -2.30. The minimum atomic E-state index is 0.740. The van der Waals surface area contributed by atoms with Gasteiger partial charge in [0.2, 0.25) is 0 Å². The zero-order valence-electron chi connectivity index (χ0n) is 11.7. The van der Waals surface area contributed by atoms with Crippen LogP contribution in [0.1, 0.15) is 44.6 Å². The molecule has 100 valence electrons. The van der Waals surface area contributed by atoms with Gasteiger partial charge in [-0.2, -0.15) is 0 Å². The van der Waals surface area contributed by atoms with E-state index < -0.39 is 0 Å². The number of aromatic nitrogens is 2. The first-order chi connectivity index (χ1) is 8.76. The van der Waals surface area contributed by atoms with Gasteiger partial charge in [0.1, 0.15) is 5.82 Å². The lowest BCUT2D eigenvalue weighted by atomic mass is 10.0. The molecule has 0 amide bonds. The summed E-state index contributed by atoms with van der Waals surface area (Å²) in [4.78, 5) is 7.48. The number of likely N-dealkylation sites (tertiary alicyclic amines) is 1. The van der Waals surface area contributed by atoms with Crippen molar-refractivity contribution in [2.45, 2.75) is 58.5 Å². The highest BCUT2D eigenvalue weighted by atomic mass is 15.2. The smallest absolute Gasteiger partial charge is 0.109 e. The summed E-state index contributed by atoms with van der Waals surface area (Å²) in [5, 5.41) is 0. The van der Waals surface area contributed by atoms with Crippen LogP contribution in [0.2, 0.25) is 0 Å². The molecular weight excluding hydrogens is 222 g/mol. The lowest BCUT2D eigenvalue weighted by molar-refractivity contribution is 0.265. The molecule has 1 saturated heterocycles. The molecule has 0 spiro atoms. The minimum Gasteiger partial charge on any atom is -0.335 e. The zero-order valence-corrected chi connectivity index (χ0v) is 11.7. The molecule has 2 aliphatic rings. The van der Waals surface area contributed by atoms with Crippen LogP contribution in [0, 0.1) is 5.92 Å². The molecule has 2 atom stereocenters. The van der Waals surface area contributed by atoms with Gasteiger partial charge in [-0.1, -0.05) is 13.8 Å². The van der Waals surface area contributed by atoms with E-state index in [0.29, 0.717) is 0 Å². The Morgan fingerprint density at radius 3 is 3.06 bits per heavy atom. The third-order valence-corrected chi connectivity index (χ3v) is 4.65. The van der Waals surface area contributed by atoms with Crippen molar-refractivity contribution in [3.05, 3.63) is 17.7 Å². The van der Waals surface area contributed by atoms with Crippen molar-refractivity contribution in [3.8, 4) is 0 Å². The number of likely N-dealkylation sites (N-methyl/N-ethyl adjacent to an activating group) is 1. The third kappa shape index (κ3) is 2.33. The van der Waals surface area contributed by atoms with E-state index >= 15 is 0 Å². The monoisotopic (exact) mass is 247 g/mol. The van der Waals surface area contributed by atoms with Crippen molar-refractivity contribution >= 4 is 0 Å². The standard InChI is InChI=1S/C15H25N3/c1-3-17-7-4-5-14(17)10-13-11-18-8-6-12(2)9-15(18)16-13/h11-12,14H,3-10H2,1-2H3. The van der Waals surface area contributed by atoms with Gasteiger partial charge in [0, 0.05) is 31.6 Å². The first-order valence-corrected chi connectivity index (χ1v) is 7.55. The number of aryl methyl sites for hydroxylation is 1. The maximum absolute atomic E-state index is 4.87. The zero-order chi connectivity index (χ0) is 12.5. The molecule has 1 aromatic rings. The van der Waals surface area contributed by atoms with Gasteiger partial charge < -0.3 is 9.47 Å². The largest absolute Gasteiger partial charge is 0.335 e. The summed E-state index contributed by atoms with van der Waals surface area (Å²) in [5.41, 5.74) is 1.32. The van der Waals surface area contributed by atoms with Gasteiger partial charge >= 0.3 is 0 Å². The van der Waals surface area contributed by atoms with Crippen LogP contribution in [-0.2, 0) is 19.4 Å². The number of hydrogen-bond donors (Lipinski definition) is 0. The van der Waals surface area contributed by atoms with Crippen LogP contribution in [-0.4, -0.2) is 33.6 Å². The Kier molecular flexibility index (Phi) is 3.42. The normalized spacial score (nSPS) is 28.6. The van der Waals surface area contributed by atoms with Gasteiger partial charge in [-0.05, 0) is 38.3 Å². The second kappa shape index (κ2) is 5.04. The van der Waals surface area contributed by atoms with Gasteiger partial charge in [0.25, 0.3) is 0 Å². The minimum absolute atomic E-state index is 0.740. The van der Waals surface area contributed by atoms with Crippen LogP contribution < -0.4 is 0 Å². The van der Waals surface area contributed by atoms with Crippen molar-refractivity contribution in [1.82, 2.24) is 14.5 Å². The summed E-state index contributed by atoms with van der Waals surface area (Å²) >= 11 is 0. The van der Waals surface area contributed by atoms with Crippen molar-refractivity contribution in [2.24, 2.45) is 5.92 Å². The summed E-state index contributed by atoms with van der Waals surface area (Å²) in [6.45, 7) is 8.26. The highest BCUT2D eigenvalue weighted by Crippen LogP contribution is 2.23. The molecule has 18 heavy (non-hydrogen) atoms. The first kappa shape index (κ1) is 12.2. The van der Waals surface area contributed by atoms with E-state index in [0.717, 1.165) is 18.4 Å². The lowest BCUT2D eigenvalue weighted by Gasteiger charge is -2.21. The Morgan fingerprint density at radius 1 is 1.33 bits per heavy atom. The molecule has 0 N–H and O–H groups in total. The Labute approximate surface area is 110 Å². The summed E-state index contributed by atoms with van der Waals surface area (Å²) in [7, 11) is 0. The van der Waals surface area contributed by atoms with Crippen molar-refractivity contribution in [2.75, 3.05) is 13.1 Å². The maximum atomic E-state index is 4.87. The first-order valence-electron chi connectivity index (χ1n) is 7.55. The van der Waals surface area contributed by atoms with Crippen LogP contribution >= 0.6 is 0 Å². The van der Waals surface area contributed by atoms with Crippen LogP contribution in [0.15, 0.2) is 6.20 Å². The van der Waals surface area contributed by atoms with Crippen LogP contribution in [0.5, 0.6) is 0 Å². The van der Waals surface area contributed by atoms with E-state index in [1.165, 1.54) is 56.8 Å². The highest BCUT2D eigenvalue weighted by Gasteiger charge is 2.25. The van der Waals surface area contributed by atoms with E-state index in [4.69, 9.17) is 4.98 Å². The van der Waals surface area contributed by atoms with E-state index in [2.05, 4.69) is 29.5 Å². The number of fused-ring (bicyclic) bond motifs is 1. The second-order valence-electron chi connectivity index (χ2n) is 6.07.